The van der Waals surface area contributed by atoms with Gasteiger partial charge in [0, 0.05) is 21.7 Å². The maximum Gasteiger partial charge on any atom is 0.115 e. The minimum atomic E-state index is -0.190. The van der Waals surface area contributed by atoms with E-state index < -0.39 is 0 Å². The number of aliphatic hydroxyl groups is 4. The van der Waals surface area contributed by atoms with Crippen LogP contribution in [0.1, 0.15) is 330 Å². The molecule has 4 saturated carbocycles. The molecule has 4 fully saturated rings. The summed E-state index contributed by atoms with van der Waals surface area (Å²) in [7, 11) is 0. The fourth-order valence-electron chi connectivity index (χ4n) is 27.3. The molecule has 0 radical (unpaired) electrons. The van der Waals surface area contributed by atoms with Gasteiger partial charge in [-0.3, -0.25) is 0 Å². The van der Waals surface area contributed by atoms with Crippen molar-refractivity contribution >= 4 is 0 Å². The lowest BCUT2D eigenvalue weighted by Gasteiger charge is -2.51. The molecule has 18 rings (SSSR count). The van der Waals surface area contributed by atoms with Gasteiger partial charge in [-0.1, -0.05) is 250 Å². The zero-order valence-corrected chi connectivity index (χ0v) is 72.8. The van der Waals surface area contributed by atoms with Gasteiger partial charge in [0.2, 0.25) is 0 Å². The summed E-state index contributed by atoms with van der Waals surface area (Å²) in [6, 6.07) is 46.0. The minimum absolute atomic E-state index is 0.00355. The predicted molar refractivity (Wildman–Crippen MR) is 475 cm³/mol. The predicted octanol–water partition coefficient (Wildman–Crippen LogP) is 25.1. The Balaban J connectivity index is 0.000000122. The van der Waals surface area contributed by atoms with Crippen molar-refractivity contribution in [2.75, 3.05) is 0 Å². The summed E-state index contributed by atoms with van der Waals surface area (Å²) < 4.78 is 0. The first-order valence-electron chi connectivity index (χ1n) is 46.5. The van der Waals surface area contributed by atoms with E-state index in [1.807, 2.05) is 48.5 Å². The van der Waals surface area contributed by atoms with Crippen LogP contribution in [0.5, 0.6) is 23.0 Å². The van der Waals surface area contributed by atoms with Crippen LogP contribution in [0.2, 0.25) is 0 Å². The Morgan fingerprint density at radius 2 is 0.552 bits per heavy atom. The van der Waals surface area contributed by atoms with E-state index in [1.165, 1.54) is 171 Å². The van der Waals surface area contributed by atoms with Gasteiger partial charge >= 0.3 is 0 Å². The molecule has 8 N–H and O–H groups in total. The average molecular weight is 1570 g/mol. The fourth-order valence-corrected chi connectivity index (χ4v) is 27.3. The van der Waals surface area contributed by atoms with Gasteiger partial charge in [-0.15, -0.1) is 0 Å². The summed E-state index contributed by atoms with van der Waals surface area (Å²) in [5, 5.41) is 83.0. The number of phenolic OH excluding ortho intramolecular Hbond substituents is 4. The quantitative estimate of drug-likeness (QED) is 0.0351. The molecule has 0 amide bonds. The van der Waals surface area contributed by atoms with Crippen molar-refractivity contribution < 1.29 is 40.9 Å². The number of phenols is 4. The lowest BCUT2D eigenvalue weighted by molar-refractivity contribution is 0.141. The number of allylic oxidation sites excluding steroid dienone is 4. The number of aliphatic hydroxyl groups excluding tert-OH is 4. The second-order valence-electron chi connectivity index (χ2n) is 41.9. The number of hydrogen-bond acceptors (Lipinski definition) is 8. The van der Waals surface area contributed by atoms with Crippen molar-refractivity contribution in [2.45, 2.75) is 359 Å². The minimum Gasteiger partial charge on any atom is -0.508 e. The van der Waals surface area contributed by atoms with Crippen LogP contribution in [-0.2, 0) is 60.2 Å². The Bertz CT molecular complexity index is 4340. The van der Waals surface area contributed by atoms with Gasteiger partial charge in [0.05, 0.1) is 24.4 Å². The van der Waals surface area contributed by atoms with Gasteiger partial charge in [0.15, 0.2) is 0 Å². The van der Waals surface area contributed by atoms with Crippen molar-refractivity contribution in [3.63, 3.8) is 0 Å². The van der Waals surface area contributed by atoms with E-state index in [0.717, 1.165) is 152 Å². The molecule has 624 valence electrons. The first-order valence-corrected chi connectivity index (χ1v) is 46.5. The van der Waals surface area contributed by atoms with Crippen LogP contribution in [0.3, 0.4) is 0 Å². The summed E-state index contributed by atoms with van der Waals surface area (Å²) in [6.07, 6.45) is 41.7. The largest absolute Gasteiger partial charge is 0.508 e. The summed E-state index contributed by atoms with van der Waals surface area (Å²) >= 11 is 0. The van der Waals surface area contributed by atoms with Crippen LogP contribution in [0.15, 0.2) is 178 Å². The van der Waals surface area contributed by atoms with Gasteiger partial charge < -0.3 is 40.9 Å². The molecule has 12 aliphatic rings. The van der Waals surface area contributed by atoms with Gasteiger partial charge in [0.1, 0.15) is 23.0 Å². The van der Waals surface area contributed by atoms with Crippen LogP contribution in [-0.4, -0.2) is 65.3 Å². The summed E-state index contributed by atoms with van der Waals surface area (Å²) in [4.78, 5) is 0. The second kappa shape index (κ2) is 34.1. The SMILES string of the molecule is CC(C)CCC[C@@]12CC[C@@]3(Cc4ccccc4)C(=C1C[C@H](O)C2)CCc1cc(O)ccc13.CC(C)CCC[C@@]12CC[C@]3(Cc4ccccc4)C(=C1C[C@H](O)C2)CCc1cc(O)ccc13.CC(C)CCC[C@]12CC[C@@]3(C)C(=C1C[C@H](O)C2)CCc1cc(O)ccc13.CC(C)CCC[C@]12CC[C@]3(C)C(=C1C[C@@H](O)C2)CCc1cc(O)ccc13. The Kier molecular flexibility index (Phi) is 24.8. The molecule has 6 aromatic rings. The highest BCUT2D eigenvalue weighted by Crippen LogP contribution is 2.68. The summed E-state index contributed by atoms with van der Waals surface area (Å²) in [5.41, 5.74) is 27.8. The van der Waals surface area contributed by atoms with E-state index in [-0.39, 0.29) is 67.7 Å². The molecule has 0 bridgehead atoms. The topological polar surface area (TPSA) is 162 Å². The average Bonchev–Trinajstić information content (AvgIpc) is 1.39. The maximum atomic E-state index is 10.9. The first kappa shape index (κ1) is 84.3. The Morgan fingerprint density at radius 3 is 0.845 bits per heavy atom. The van der Waals surface area contributed by atoms with Crippen LogP contribution in [0.4, 0.5) is 0 Å². The number of hydrogen-bond donors (Lipinski definition) is 8. The van der Waals surface area contributed by atoms with Crippen LogP contribution < -0.4 is 0 Å². The van der Waals surface area contributed by atoms with Crippen LogP contribution in [0.25, 0.3) is 0 Å². The molecule has 0 spiro atoms. The summed E-state index contributed by atoms with van der Waals surface area (Å²) in [5.74, 6) is 4.54. The van der Waals surface area contributed by atoms with Crippen LogP contribution >= 0.6 is 0 Å². The highest BCUT2D eigenvalue weighted by atomic mass is 16.3. The van der Waals surface area contributed by atoms with E-state index in [2.05, 4.69) is 154 Å². The van der Waals surface area contributed by atoms with Crippen molar-refractivity contribution in [1.29, 1.82) is 0 Å². The molecule has 8 heteroatoms. The number of benzene rings is 6. The smallest absolute Gasteiger partial charge is 0.115 e. The number of aromatic hydroxyl groups is 4. The first-order chi connectivity index (χ1) is 55.5. The Labute approximate surface area is 698 Å². The number of aryl methyl sites for hydroxylation is 4. The van der Waals surface area contributed by atoms with Gasteiger partial charge in [-0.25, -0.2) is 0 Å². The third-order valence-electron chi connectivity index (χ3n) is 32.6. The second-order valence-corrected chi connectivity index (χ2v) is 41.9. The third-order valence-corrected chi connectivity index (χ3v) is 32.6. The van der Waals surface area contributed by atoms with Crippen molar-refractivity contribution in [3.05, 3.63) is 234 Å². The maximum absolute atomic E-state index is 10.9. The number of fused-ring (bicyclic) bond motifs is 16. The van der Waals surface area contributed by atoms with Crippen molar-refractivity contribution in [3.8, 4) is 23.0 Å². The third kappa shape index (κ3) is 16.5. The van der Waals surface area contributed by atoms with Crippen molar-refractivity contribution in [1.82, 2.24) is 0 Å². The molecule has 0 saturated heterocycles. The highest BCUT2D eigenvalue weighted by molar-refractivity contribution is 5.58. The summed E-state index contributed by atoms with van der Waals surface area (Å²) in [6.45, 7) is 23.3. The van der Waals surface area contributed by atoms with E-state index in [1.54, 1.807) is 44.6 Å². The van der Waals surface area contributed by atoms with Gasteiger partial charge in [-0.2, -0.15) is 0 Å². The zero-order chi connectivity index (χ0) is 81.7. The highest BCUT2D eigenvalue weighted by Gasteiger charge is 2.58. The fraction of sp³-hybridized carbons (Fsp3) is 0.593. The molecule has 12 atom stereocenters. The molecule has 0 aliphatic heterocycles. The van der Waals surface area contributed by atoms with E-state index >= 15 is 0 Å². The monoisotopic (exact) mass is 1570 g/mol. The zero-order valence-electron chi connectivity index (χ0n) is 72.8. The normalized spacial score (nSPS) is 30.9. The molecular weight excluding hydrogens is 1430 g/mol. The standard InChI is InChI=1S/2C30H38O2.2C24H34O2/c2*1-21(2)7-6-14-29-15-16-30(19-22-8-4-3-5-9-22)26-13-11-24(31)17-23(26)10-12-27(30)28(29)18-25(32)20-29;2*1-16(2)5-4-10-24-12-11-23(3)20-9-7-18(25)13-17(20)6-8-21(23)22(24)14-19(26)15-24/h2*3-5,8-9,11,13,17,21,25,31-32H,6-7,10,12,14-16,18-20H2,1-2H3;2*7,9,13,16,19,25-26H,4-6,8,10-12,14-15H2,1-3H3/t25-,29-,30+;25-,29-,30-;19-,23+,24+;19-,23+,24-/m0001/s1. The van der Waals surface area contributed by atoms with Gasteiger partial charge in [0.25, 0.3) is 0 Å². The lowest BCUT2D eigenvalue weighted by Crippen LogP contribution is -2.43. The van der Waals surface area contributed by atoms with E-state index in [4.69, 9.17) is 0 Å². The van der Waals surface area contributed by atoms with E-state index in [0.29, 0.717) is 23.0 Å². The Morgan fingerprint density at radius 1 is 0.293 bits per heavy atom. The molecule has 0 aromatic heterocycles. The molecule has 0 unspecified atom stereocenters. The Hall–Kier alpha value is -6.68. The van der Waals surface area contributed by atoms with E-state index in [9.17, 15) is 40.9 Å². The molecule has 6 aromatic carbocycles. The van der Waals surface area contributed by atoms with Gasteiger partial charge in [-0.05, 0) is 342 Å². The number of rotatable bonds is 20. The van der Waals surface area contributed by atoms with Crippen molar-refractivity contribution in [2.24, 2.45) is 45.3 Å². The molecule has 12 aliphatic carbocycles. The molecule has 0 heterocycles. The van der Waals surface area contributed by atoms with Crippen LogP contribution in [0, 0.1) is 45.3 Å². The molecular formula is C108H144O8. The molecule has 8 nitrogen and oxygen atoms in total. The molecule has 116 heavy (non-hydrogen) atoms. The lowest BCUT2D eigenvalue weighted by atomic mass is 9.53.